The van der Waals surface area contributed by atoms with Gasteiger partial charge in [-0.05, 0) is 33.6 Å². The van der Waals surface area contributed by atoms with Gasteiger partial charge in [-0.3, -0.25) is 4.79 Å². The van der Waals surface area contributed by atoms with Gasteiger partial charge in [0.25, 0.3) is 0 Å². The van der Waals surface area contributed by atoms with Gasteiger partial charge < -0.3 is 15.2 Å². The van der Waals surface area contributed by atoms with Gasteiger partial charge in [0.2, 0.25) is 17.8 Å². The number of amides is 1. The summed E-state index contributed by atoms with van der Waals surface area (Å²) in [6.07, 6.45) is 1.59. The first-order chi connectivity index (χ1) is 10.6. The van der Waals surface area contributed by atoms with E-state index in [9.17, 15) is 4.79 Å². The fourth-order valence-electron chi connectivity index (χ4n) is 1.76. The van der Waals surface area contributed by atoms with Gasteiger partial charge in [-0.15, -0.1) is 10.2 Å². The van der Waals surface area contributed by atoms with Crippen molar-refractivity contribution in [2.24, 2.45) is 5.10 Å². The maximum atomic E-state index is 11.7. The molecule has 1 aromatic heterocycles. The maximum absolute atomic E-state index is 11.7. The predicted molar refractivity (Wildman–Crippen MR) is 84.0 cm³/mol. The van der Waals surface area contributed by atoms with Crippen LogP contribution in [0.15, 0.2) is 21.7 Å². The van der Waals surface area contributed by atoms with Crippen LogP contribution in [0.5, 0.6) is 11.5 Å². The summed E-state index contributed by atoms with van der Waals surface area (Å²) < 4.78 is 11.4. The van der Waals surface area contributed by atoms with E-state index in [0.717, 1.165) is 10.0 Å². The number of nitrogens with zero attached hydrogens (tertiary/aromatic N) is 3. The molecular weight excluding hydrogens is 374 g/mol. The standard InChI is InChI=1S/C12H10BrN5O3S/c13-7-1-6(2-8-11(7)21-5-20-8)4-15-16-9(19)3-10-17-18-12(14)22-10/h1-2,4H,3,5H2,(H2,14,18)(H,16,19)/b15-4-. The summed E-state index contributed by atoms with van der Waals surface area (Å²) in [6, 6.07) is 3.59. The van der Waals surface area contributed by atoms with Gasteiger partial charge in [0.15, 0.2) is 11.5 Å². The van der Waals surface area contributed by atoms with Crippen LogP contribution in [0.1, 0.15) is 10.6 Å². The number of nitrogen functional groups attached to an aromatic ring is 1. The van der Waals surface area contributed by atoms with E-state index in [1.54, 1.807) is 6.07 Å². The molecule has 8 nitrogen and oxygen atoms in total. The van der Waals surface area contributed by atoms with Crippen molar-refractivity contribution in [1.29, 1.82) is 0 Å². The summed E-state index contributed by atoms with van der Waals surface area (Å²) >= 11 is 4.55. The normalized spacial score (nSPS) is 12.8. The molecular formula is C12H10BrN5O3S. The number of carbonyl (C=O) groups excluding carboxylic acids is 1. The number of hydrazone groups is 1. The lowest BCUT2D eigenvalue weighted by Crippen LogP contribution is -2.19. The highest BCUT2D eigenvalue weighted by Gasteiger charge is 2.17. The zero-order valence-electron chi connectivity index (χ0n) is 11.1. The molecule has 0 atom stereocenters. The number of nitrogens with one attached hydrogen (secondary N) is 1. The van der Waals surface area contributed by atoms with Crippen LogP contribution in [-0.4, -0.2) is 29.1 Å². The lowest BCUT2D eigenvalue weighted by atomic mass is 10.2. The molecule has 2 aromatic rings. The van der Waals surface area contributed by atoms with Crippen LogP contribution in [0.4, 0.5) is 5.13 Å². The number of halogens is 1. The smallest absolute Gasteiger partial charge is 0.247 e. The summed E-state index contributed by atoms with van der Waals surface area (Å²) in [5.41, 5.74) is 8.62. The van der Waals surface area contributed by atoms with Crippen LogP contribution in [0.2, 0.25) is 0 Å². The molecule has 0 fully saturated rings. The number of benzene rings is 1. The van der Waals surface area contributed by atoms with Gasteiger partial charge in [0, 0.05) is 0 Å². The Labute approximate surface area is 137 Å². The molecule has 0 saturated heterocycles. The monoisotopic (exact) mass is 383 g/mol. The Kier molecular flexibility index (Phi) is 4.20. The third-order valence-corrected chi connectivity index (χ3v) is 3.99. The minimum atomic E-state index is -0.299. The summed E-state index contributed by atoms with van der Waals surface area (Å²) in [5, 5.41) is 12.2. The number of anilines is 1. The molecule has 3 N–H and O–H groups in total. The molecule has 0 saturated carbocycles. The van der Waals surface area contributed by atoms with Gasteiger partial charge >= 0.3 is 0 Å². The van der Waals surface area contributed by atoms with Crippen LogP contribution in [0.25, 0.3) is 0 Å². The minimum absolute atomic E-state index is 0.0804. The predicted octanol–water partition coefficient (Wildman–Crippen LogP) is 1.30. The third-order valence-electron chi connectivity index (χ3n) is 2.65. The number of hydrogen-bond acceptors (Lipinski definition) is 8. The first-order valence-corrected chi connectivity index (χ1v) is 7.71. The third kappa shape index (κ3) is 3.34. The molecule has 0 unspecified atom stereocenters. The zero-order chi connectivity index (χ0) is 15.5. The maximum Gasteiger partial charge on any atom is 0.247 e. The first kappa shape index (κ1) is 14.7. The Morgan fingerprint density at radius 2 is 2.36 bits per heavy atom. The van der Waals surface area contributed by atoms with Gasteiger partial charge in [0.1, 0.15) is 5.01 Å². The van der Waals surface area contributed by atoms with Gasteiger partial charge in [-0.1, -0.05) is 11.3 Å². The Hall–Kier alpha value is -2.20. The summed E-state index contributed by atoms with van der Waals surface area (Å²) in [7, 11) is 0. The number of hydrogen-bond donors (Lipinski definition) is 2. The van der Waals surface area contributed by atoms with Crippen LogP contribution in [0.3, 0.4) is 0 Å². The van der Waals surface area contributed by atoms with Crippen molar-refractivity contribution in [2.75, 3.05) is 12.5 Å². The van der Waals surface area contributed by atoms with Crippen LogP contribution >= 0.6 is 27.3 Å². The van der Waals surface area contributed by atoms with Crippen LogP contribution in [-0.2, 0) is 11.2 Å². The van der Waals surface area contributed by atoms with Crippen molar-refractivity contribution < 1.29 is 14.3 Å². The van der Waals surface area contributed by atoms with Crippen molar-refractivity contribution in [3.8, 4) is 11.5 Å². The van der Waals surface area contributed by atoms with Crippen LogP contribution < -0.4 is 20.6 Å². The van der Waals surface area contributed by atoms with E-state index in [0.29, 0.717) is 21.6 Å². The van der Waals surface area contributed by atoms with E-state index < -0.39 is 0 Å². The lowest BCUT2D eigenvalue weighted by molar-refractivity contribution is -0.120. The Morgan fingerprint density at radius 3 is 3.14 bits per heavy atom. The lowest BCUT2D eigenvalue weighted by Gasteiger charge is -2.01. The average Bonchev–Trinajstić information content (AvgIpc) is 3.08. The minimum Gasteiger partial charge on any atom is -0.454 e. The molecule has 0 spiro atoms. The molecule has 10 heteroatoms. The average molecular weight is 384 g/mol. The summed E-state index contributed by atoms with van der Waals surface area (Å²) in [6.45, 7) is 0.191. The van der Waals surface area contributed by atoms with E-state index in [2.05, 4.69) is 36.7 Å². The number of ether oxygens (including phenoxy) is 2. The Bertz CT molecular complexity index is 748. The van der Waals surface area contributed by atoms with Crippen LogP contribution in [0, 0.1) is 0 Å². The molecule has 114 valence electrons. The summed E-state index contributed by atoms with van der Waals surface area (Å²) in [5.74, 6) is 0.994. The Balaban J connectivity index is 1.60. The highest BCUT2D eigenvalue weighted by molar-refractivity contribution is 9.10. The first-order valence-electron chi connectivity index (χ1n) is 6.11. The SMILES string of the molecule is Nc1nnc(CC(=O)N/N=C\c2cc(Br)c3c(c2)OCO3)s1. The number of aromatic nitrogens is 2. The molecule has 1 aliphatic rings. The Morgan fingerprint density at radius 1 is 1.50 bits per heavy atom. The highest BCUT2D eigenvalue weighted by Crippen LogP contribution is 2.39. The van der Waals surface area contributed by atoms with Gasteiger partial charge in [0.05, 0.1) is 17.1 Å². The summed E-state index contributed by atoms with van der Waals surface area (Å²) in [4.78, 5) is 11.7. The largest absolute Gasteiger partial charge is 0.454 e. The fraction of sp³-hybridized carbons (Fsp3) is 0.167. The second kappa shape index (κ2) is 6.28. The van der Waals surface area contributed by atoms with Crippen molar-refractivity contribution >= 4 is 44.5 Å². The van der Waals surface area contributed by atoms with Gasteiger partial charge in [-0.25, -0.2) is 5.43 Å². The molecule has 1 aliphatic heterocycles. The topological polar surface area (TPSA) is 112 Å². The van der Waals surface area contributed by atoms with E-state index in [1.165, 1.54) is 17.6 Å². The second-order valence-electron chi connectivity index (χ2n) is 4.24. The molecule has 22 heavy (non-hydrogen) atoms. The molecule has 0 radical (unpaired) electrons. The highest BCUT2D eigenvalue weighted by atomic mass is 79.9. The molecule has 1 amide bonds. The molecule has 2 heterocycles. The molecule has 0 bridgehead atoms. The second-order valence-corrected chi connectivity index (χ2v) is 6.19. The number of carbonyl (C=O) groups is 1. The quantitative estimate of drug-likeness (QED) is 0.607. The zero-order valence-corrected chi connectivity index (χ0v) is 13.5. The fourth-order valence-corrected chi connectivity index (χ4v) is 2.94. The van der Waals surface area contributed by atoms with E-state index in [-0.39, 0.29) is 19.1 Å². The molecule has 1 aromatic carbocycles. The van der Waals surface area contributed by atoms with E-state index in [4.69, 9.17) is 15.2 Å². The molecule has 0 aliphatic carbocycles. The van der Waals surface area contributed by atoms with E-state index in [1.807, 2.05) is 6.07 Å². The van der Waals surface area contributed by atoms with Crippen molar-refractivity contribution in [2.45, 2.75) is 6.42 Å². The van der Waals surface area contributed by atoms with Crippen molar-refractivity contribution in [1.82, 2.24) is 15.6 Å². The van der Waals surface area contributed by atoms with E-state index >= 15 is 0 Å². The number of rotatable bonds is 4. The van der Waals surface area contributed by atoms with Crippen molar-refractivity contribution in [3.63, 3.8) is 0 Å². The number of nitrogens with two attached hydrogens (primary N) is 1. The van der Waals surface area contributed by atoms with Gasteiger partial charge in [-0.2, -0.15) is 5.10 Å². The van der Waals surface area contributed by atoms with Crippen molar-refractivity contribution in [3.05, 3.63) is 27.2 Å². The number of fused-ring (bicyclic) bond motifs is 1. The molecule has 3 rings (SSSR count).